The number of rotatable bonds is 4. The highest BCUT2D eigenvalue weighted by molar-refractivity contribution is 8.00. The summed E-state index contributed by atoms with van der Waals surface area (Å²) in [6, 6.07) is 10.3. The molecule has 0 bridgehead atoms. The van der Waals surface area contributed by atoms with E-state index in [0.29, 0.717) is 11.6 Å². The highest BCUT2D eigenvalue weighted by Crippen LogP contribution is 2.42. The number of benzene rings is 1. The lowest BCUT2D eigenvalue weighted by Gasteiger charge is -2.40. The van der Waals surface area contributed by atoms with Gasteiger partial charge in [-0.1, -0.05) is 19.9 Å². The molecule has 1 N–H and O–H groups in total. The highest BCUT2D eigenvalue weighted by atomic mass is 32.2. The second-order valence-corrected chi connectivity index (χ2v) is 8.82. The van der Waals surface area contributed by atoms with Gasteiger partial charge in [-0.15, -0.1) is 11.8 Å². The van der Waals surface area contributed by atoms with Gasteiger partial charge in [0.05, 0.1) is 11.9 Å². The van der Waals surface area contributed by atoms with Crippen LogP contribution in [-0.4, -0.2) is 33.8 Å². The van der Waals surface area contributed by atoms with Crippen LogP contribution in [0.1, 0.15) is 26.7 Å². The average molecular weight is 373 g/mol. The number of hydrogen-bond acceptors (Lipinski definition) is 3. The minimum atomic E-state index is -0.201. The molecule has 1 aromatic carbocycles. The number of hydrogen-bond donors (Lipinski definition) is 1. The van der Waals surface area contributed by atoms with E-state index in [1.54, 1.807) is 42.4 Å². The van der Waals surface area contributed by atoms with Crippen LogP contribution in [0.4, 0.5) is 14.9 Å². The van der Waals surface area contributed by atoms with Crippen LogP contribution in [-0.2, 0) is 0 Å². The molecule has 2 heterocycles. The van der Waals surface area contributed by atoms with Gasteiger partial charge in [-0.05, 0) is 49.1 Å². The van der Waals surface area contributed by atoms with Crippen molar-refractivity contribution in [1.29, 1.82) is 0 Å². The Morgan fingerprint density at radius 1 is 1.27 bits per heavy atom. The maximum absolute atomic E-state index is 13.4. The van der Waals surface area contributed by atoms with E-state index in [4.69, 9.17) is 0 Å². The van der Waals surface area contributed by atoms with E-state index in [-0.39, 0.29) is 16.6 Å². The second kappa shape index (κ2) is 8.08. The lowest BCUT2D eigenvalue weighted by Crippen LogP contribution is -2.44. The van der Waals surface area contributed by atoms with E-state index < -0.39 is 0 Å². The van der Waals surface area contributed by atoms with Gasteiger partial charge in [0.15, 0.2) is 0 Å². The van der Waals surface area contributed by atoms with Crippen LogP contribution < -0.4 is 5.32 Å². The fraction of sp³-hybridized carbons (Fsp3) is 0.400. The smallest absolute Gasteiger partial charge is 0.321 e. The number of thioether (sulfide) groups is 1. The Morgan fingerprint density at radius 3 is 2.69 bits per heavy atom. The number of likely N-dealkylation sites (tertiary alicyclic amines) is 1. The third kappa shape index (κ3) is 4.75. The molecule has 0 saturated carbocycles. The zero-order chi connectivity index (χ0) is 18.6. The summed E-state index contributed by atoms with van der Waals surface area (Å²) in [4.78, 5) is 19.2. The van der Waals surface area contributed by atoms with Crippen LogP contribution in [0.25, 0.3) is 0 Å². The molecular formula is C20H24FN3OS. The van der Waals surface area contributed by atoms with Crippen LogP contribution in [0.2, 0.25) is 0 Å². The molecule has 1 aliphatic rings. The van der Waals surface area contributed by atoms with Crippen LogP contribution in [0.15, 0.2) is 53.7 Å². The molecule has 4 nitrogen and oxygen atoms in total. The van der Waals surface area contributed by atoms with Crippen LogP contribution in [0, 0.1) is 11.7 Å². The molecule has 138 valence electrons. The van der Waals surface area contributed by atoms with Gasteiger partial charge in [0.1, 0.15) is 5.82 Å². The highest BCUT2D eigenvalue weighted by Gasteiger charge is 2.34. The largest absolute Gasteiger partial charge is 0.325 e. The summed E-state index contributed by atoms with van der Waals surface area (Å²) in [6.07, 6.45) is 5.20. The predicted octanol–water partition coefficient (Wildman–Crippen LogP) is 5.04. The monoisotopic (exact) mass is 373 g/mol. The van der Waals surface area contributed by atoms with Crippen molar-refractivity contribution in [2.24, 2.45) is 5.92 Å². The molecule has 2 aromatic rings. The summed E-state index contributed by atoms with van der Waals surface area (Å²) in [5, 5.41) is 2.89. The quantitative estimate of drug-likeness (QED) is 0.764. The fourth-order valence-corrected chi connectivity index (χ4v) is 4.66. The number of carbonyl (C=O) groups is 1. The Bertz CT molecular complexity index is 746. The first-order valence-corrected chi connectivity index (χ1v) is 9.66. The molecule has 0 spiro atoms. The maximum Gasteiger partial charge on any atom is 0.321 e. The normalized spacial score (nSPS) is 15.7. The maximum atomic E-state index is 13.4. The van der Waals surface area contributed by atoms with Crippen molar-refractivity contribution in [3.8, 4) is 0 Å². The van der Waals surface area contributed by atoms with Gasteiger partial charge in [-0.25, -0.2) is 9.18 Å². The summed E-state index contributed by atoms with van der Waals surface area (Å²) in [5.74, 6) is 0.269. The molecule has 0 aliphatic carbocycles. The average Bonchev–Trinajstić information content (AvgIpc) is 2.62. The first kappa shape index (κ1) is 18.7. The van der Waals surface area contributed by atoms with Crippen molar-refractivity contribution in [3.63, 3.8) is 0 Å². The van der Waals surface area contributed by atoms with Crippen molar-refractivity contribution < 1.29 is 9.18 Å². The van der Waals surface area contributed by atoms with E-state index in [9.17, 15) is 9.18 Å². The van der Waals surface area contributed by atoms with Gasteiger partial charge in [0, 0.05) is 28.9 Å². The van der Waals surface area contributed by atoms with E-state index >= 15 is 0 Å². The predicted molar refractivity (Wildman–Crippen MR) is 104 cm³/mol. The Labute approximate surface area is 158 Å². The van der Waals surface area contributed by atoms with Gasteiger partial charge in [0.2, 0.25) is 0 Å². The first-order valence-electron chi connectivity index (χ1n) is 8.84. The summed E-state index contributed by atoms with van der Waals surface area (Å²) in [5.41, 5.74) is 0.710. The molecule has 0 radical (unpaired) electrons. The zero-order valence-electron chi connectivity index (χ0n) is 15.1. The standard InChI is InChI=1S/C20H24FN3OS/c1-20(2,26-18-7-3-5-16(21)13-18)15-8-11-24(12-9-15)19(25)23-17-6-4-10-22-14-17/h3-7,10,13-15H,8-9,11-12H2,1-2H3,(H,23,25). The van der Waals surface area contributed by atoms with Crippen molar-refractivity contribution in [1.82, 2.24) is 9.88 Å². The minimum Gasteiger partial charge on any atom is -0.325 e. The number of amides is 2. The molecule has 1 saturated heterocycles. The second-order valence-electron chi connectivity index (χ2n) is 7.10. The van der Waals surface area contributed by atoms with Crippen molar-refractivity contribution in [2.75, 3.05) is 18.4 Å². The van der Waals surface area contributed by atoms with Crippen LogP contribution in [0.3, 0.4) is 0 Å². The Kier molecular flexibility index (Phi) is 5.81. The van der Waals surface area contributed by atoms with Crippen molar-refractivity contribution in [3.05, 3.63) is 54.6 Å². The van der Waals surface area contributed by atoms with Gasteiger partial charge in [0.25, 0.3) is 0 Å². The number of nitrogens with zero attached hydrogens (tertiary/aromatic N) is 2. The SMILES string of the molecule is CC(C)(Sc1cccc(F)c1)C1CCN(C(=O)Nc2cccnc2)CC1. The summed E-state index contributed by atoms with van der Waals surface area (Å²) < 4.78 is 13.4. The van der Waals surface area contributed by atoms with Gasteiger partial charge in [-0.2, -0.15) is 0 Å². The molecule has 0 unspecified atom stereocenters. The Morgan fingerprint density at radius 2 is 2.04 bits per heavy atom. The first-order chi connectivity index (χ1) is 12.4. The Hall–Kier alpha value is -2.08. The van der Waals surface area contributed by atoms with E-state index in [1.165, 1.54) is 6.07 Å². The number of carbonyl (C=O) groups excluding carboxylic acids is 1. The van der Waals surface area contributed by atoms with Crippen molar-refractivity contribution in [2.45, 2.75) is 36.3 Å². The zero-order valence-corrected chi connectivity index (χ0v) is 15.9. The van der Waals surface area contributed by atoms with Gasteiger partial charge < -0.3 is 10.2 Å². The fourth-order valence-electron chi connectivity index (χ4n) is 3.33. The number of anilines is 1. The van der Waals surface area contributed by atoms with Gasteiger partial charge in [-0.3, -0.25) is 4.98 Å². The minimum absolute atomic E-state index is 0.0142. The number of aromatic nitrogens is 1. The number of urea groups is 1. The van der Waals surface area contributed by atoms with E-state index in [2.05, 4.69) is 24.1 Å². The van der Waals surface area contributed by atoms with Crippen LogP contribution in [0.5, 0.6) is 0 Å². The number of piperidine rings is 1. The number of halogens is 1. The summed E-state index contributed by atoms with van der Waals surface area (Å²) >= 11 is 1.71. The van der Waals surface area contributed by atoms with E-state index in [1.807, 2.05) is 17.0 Å². The third-order valence-electron chi connectivity index (χ3n) is 4.86. The van der Waals surface area contributed by atoms with Crippen LogP contribution >= 0.6 is 11.8 Å². The molecule has 6 heteroatoms. The lowest BCUT2D eigenvalue weighted by atomic mass is 9.86. The summed E-state index contributed by atoms with van der Waals surface area (Å²) in [7, 11) is 0. The molecule has 26 heavy (non-hydrogen) atoms. The third-order valence-corrected chi connectivity index (χ3v) is 6.20. The number of nitrogens with one attached hydrogen (secondary N) is 1. The Balaban J connectivity index is 1.54. The number of pyridine rings is 1. The van der Waals surface area contributed by atoms with E-state index in [0.717, 1.165) is 30.8 Å². The molecule has 1 aliphatic heterocycles. The molecule has 3 rings (SSSR count). The molecule has 2 amide bonds. The van der Waals surface area contributed by atoms with Crippen molar-refractivity contribution >= 4 is 23.5 Å². The molecule has 1 fully saturated rings. The lowest BCUT2D eigenvalue weighted by molar-refractivity contribution is 0.173. The molecular weight excluding hydrogens is 349 g/mol. The topological polar surface area (TPSA) is 45.2 Å². The van der Waals surface area contributed by atoms with Gasteiger partial charge >= 0.3 is 6.03 Å². The molecule has 1 aromatic heterocycles. The molecule has 0 atom stereocenters. The summed E-state index contributed by atoms with van der Waals surface area (Å²) in [6.45, 7) is 5.87.